The van der Waals surface area contributed by atoms with Crippen LogP contribution in [-0.4, -0.2) is 20.1 Å². The maximum absolute atomic E-state index is 14.4. The first kappa shape index (κ1) is 15.3. The minimum Gasteiger partial charge on any atom is -0.369 e. The molecule has 0 spiro atoms. The largest absolute Gasteiger partial charge is 0.369 e. The van der Waals surface area contributed by atoms with Crippen molar-refractivity contribution in [2.45, 2.75) is 45.6 Å². The summed E-state index contributed by atoms with van der Waals surface area (Å²) in [6.45, 7) is 6.30. The van der Waals surface area contributed by atoms with Gasteiger partial charge in [-0.25, -0.2) is 4.39 Å². The Morgan fingerprint density at radius 2 is 2.15 bits per heavy atom. The van der Waals surface area contributed by atoms with E-state index in [1.165, 1.54) is 25.7 Å². The maximum Gasteiger partial charge on any atom is 0.146 e. The maximum atomic E-state index is 14.4. The van der Waals surface area contributed by atoms with Crippen LogP contribution in [0.2, 0.25) is 0 Å². The Kier molecular flexibility index (Phi) is 5.41. The normalized spacial score (nSPS) is 21.6. The summed E-state index contributed by atoms with van der Waals surface area (Å²) in [6.07, 6.45) is 4.86. The Labute approximate surface area is 122 Å². The molecule has 2 atom stereocenters. The highest BCUT2D eigenvalue weighted by Gasteiger charge is 2.22. The van der Waals surface area contributed by atoms with Gasteiger partial charge in [0.2, 0.25) is 0 Å². The number of rotatable bonds is 4. The van der Waals surface area contributed by atoms with Crippen molar-refractivity contribution < 1.29 is 4.39 Å². The molecule has 2 nitrogen and oxygen atoms in total. The van der Waals surface area contributed by atoms with Gasteiger partial charge in [-0.05, 0) is 50.8 Å². The molecular weight excluding hydrogens is 251 g/mol. The van der Waals surface area contributed by atoms with Crippen LogP contribution < -0.4 is 10.2 Å². The number of nitrogens with one attached hydrogen (secondary N) is 1. The van der Waals surface area contributed by atoms with Crippen molar-refractivity contribution >= 4 is 5.69 Å². The average Bonchev–Trinajstić information content (AvgIpc) is 2.71. The molecule has 2 rings (SSSR count). The molecule has 3 heteroatoms. The molecule has 0 radical (unpaired) electrons. The molecule has 1 aromatic rings. The van der Waals surface area contributed by atoms with Crippen LogP contribution in [-0.2, 0) is 0 Å². The second-order valence-electron chi connectivity index (χ2n) is 5.88. The number of benzene rings is 1. The molecule has 0 aliphatic carbocycles. The third kappa shape index (κ3) is 3.32. The van der Waals surface area contributed by atoms with E-state index >= 15 is 0 Å². The SMILES string of the molecule is CCC1CCCN(c2c(F)cccc2C(C)NC)CC1. The third-order valence-electron chi connectivity index (χ3n) is 4.66. The highest BCUT2D eigenvalue weighted by Crippen LogP contribution is 2.32. The molecule has 1 aromatic carbocycles. The first-order chi connectivity index (χ1) is 9.67. The summed E-state index contributed by atoms with van der Waals surface area (Å²) in [4.78, 5) is 2.26. The van der Waals surface area contributed by atoms with Crippen LogP contribution in [0.15, 0.2) is 18.2 Å². The van der Waals surface area contributed by atoms with Crippen LogP contribution in [0.3, 0.4) is 0 Å². The summed E-state index contributed by atoms with van der Waals surface area (Å²) in [5.74, 6) is 0.719. The van der Waals surface area contributed by atoms with Gasteiger partial charge in [-0.1, -0.05) is 25.5 Å². The molecule has 1 saturated heterocycles. The highest BCUT2D eigenvalue weighted by molar-refractivity contribution is 5.56. The van der Waals surface area contributed by atoms with E-state index in [-0.39, 0.29) is 11.9 Å². The fourth-order valence-corrected chi connectivity index (χ4v) is 3.17. The van der Waals surface area contributed by atoms with E-state index in [0.717, 1.165) is 30.3 Å². The quantitative estimate of drug-likeness (QED) is 0.891. The van der Waals surface area contributed by atoms with Crippen LogP contribution in [0.25, 0.3) is 0 Å². The summed E-state index contributed by atoms with van der Waals surface area (Å²) >= 11 is 0. The van der Waals surface area contributed by atoms with Crippen molar-refractivity contribution in [2.24, 2.45) is 5.92 Å². The van der Waals surface area contributed by atoms with Crippen molar-refractivity contribution in [3.05, 3.63) is 29.6 Å². The number of hydrogen-bond donors (Lipinski definition) is 1. The second-order valence-corrected chi connectivity index (χ2v) is 5.88. The van der Waals surface area contributed by atoms with Crippen molar-refractivity contribution in [1.29, 1.82) is 0 Å². The predicted octanol–water partition coefficient (Wildman–Crippen LogP) is 4.12. The van der Waals surface area contributed by atoms with Gasteiger partial charge < -0.3 is 10.2 Å². The number of para-hydroxylation sites is 1. The average molecular weight is 278 g/mol. The monoisotopic (exact) mass is 278 g/mol. The molecule has 2 unspecified atom stereocenters. The molecule has 112 valence electrons. The molecule has 0 saturated carbocycles. The van der Waals surface area contributed by atoms with Gasteiger partial charge in [-0.15, -0.1) is 0 Å². The zero-order chi connectivity index (χ0) is 14.5. The van der Waals surface area contributed by atoms with Crippen molar-refractivity contribution in [3.8, 4) is 0 Å². The number of nitrogens with zero attached hydrogens (tertiary/aromatic N) is 1. The zero-order valence-corrected chi connectivity index (χ0v) is 13.0. The molecule has 0 amide bonds. The standard InChI is InChI=1S/C17H27FN2/c1-4-14-7-6-11-20(12-10-14)17-15(13(2)19-3)8-5-9-16(17)18/h5,8-9,13-14,19H,4,6-7,10-12H2,1-3H3. The first-order valence-electron chi connectivity index (χ1n) is 7.88. The van der Waals surface area contributed by atoms with Crippen molar-refractivity contribution in [1.82, 2.24) is 5.32 Å². The third-order valence-corrected chi connectivity index (χ3v) is 4.66. The van der Waals surface area contributed by atoms with E-state index < -0.39 is 0 Å². The summed E-state index contributed by atoms with van der Waals surface area (Å²) in [7, 11) is 1.93. The van der Waals surface area contributed by atoms with Gasteiger partial charge in [-0.3, -0.25) is 0 Å². The van der Waals surface area contributed by atoms with Crippen LogP contribution >= 0.6 is 0 Å². The Morgan fingerprint density at radius 3 is 2.85 bits per heavy atom. The lowest BCUT2D eigenvalue weighted by molar-refractivity contribution is 0.459. The molecule has 0 aromatic heterocycles. The van der Waals surface area contributed by atoms with Crippen molar-refractivity contribution in [2.75, 3.05) is 25.0 Å². The zero-order valence-electron chi connectivity index (χ0n) is 13.0. The molecule has 0 bridgehead atoms. The second kappa shape index (κ2) is 7.07. The molecule has 1 fully saturated rings. The Hall–Kier alpha value is -1.09. The molecule has 1 N–H and O–H groups in total. The summed E-state index contributed by atoms with van der Waals surface area (Å²) < 4.78 is 14.4. The van der Waals surface area contributed by atoms with Crippen molar-refractivity contribution in [3.63, 3.8) is 0 Å². The first-order valence-corrected chi connectivity index (χ1v) is 7.88. The van der Waals surface area contributed by atoms with E-state index in [4.69, 9.17) is 0 Å². The van der Waals surface area contributed by atoms with E-state index in [1.54, 1.807) is 6.07 Å². The summed E-state index contributed by atoms with van der Waals surface area (Å²) in [6, 6.07) is 5.62. The van der Waals surface area contributed by atoms with E-state index in [9.17, 15) is 4.39 Å². The summed E-state index contributed by atoms with van der Waals surface area (Å²) in [5, 5.41) is 3.23. The van der Waals surface area contributed by atoms with E-state index in [2.05, 4.69) is 24.1 Å². The molecular formula is C17H27FN2. The lowest BCUT2D eigenvalue weighted by atomic mass is 9.98. The van der Waals surface area contributed by atoms with Crippen LogP contribution in [0.4, 0.5) is 10.1 Å². The fraction of sp³-hybridized carbons (Fsp3) is 0.647. The van der Waals surface area contributed by atoms with E-state index in [0.29, 0.717) is 0 Å². The lowest BCUT2D eigenvalue weighted by Gasteiger charge is -2.28. The Morgan fingerprint density at radius 1 is 1.35 bits per heavy atom. The molecule has 1 heterocycles. The van der Waals surface area contributed by atoms with Gasteiger partial charge in [0.05, 0.1) is 5.69 Å². The lowest BCUT2D eigenvalue weighted by Crippen LogP contribution is -2.28. The van der Waals surface area contributed by atoms with Gasteiger partial charge in [-0.2, -0.15) is 0 Å². The van der Waals surface area contributed by atoms with Crippen LogP contribution in [0.5, 0.6) is 0 Å². The molecule has 1 aliphatic heterocycles. The van der Waals surface area contributed by atoms with Gasteiger partial charge in [0.15, 0.2) is 0 Å². The van der Waals surface area contributed by atoms with Gasteiger partial charge in [0.25, 0.3) is 0 Å². The fourth-order valence-electron chi connectivity index (χ4n) is 3.17. The minimum atomic E-state index is -0.0838. The molecule has 1 aliphatic rings. The van der Waals surface area contributed by atoms with Gasteiger partial charge >= 0.3 is 0 Å². The van der Waals surface area contributed by atoms with E-state index in [1.807, 2.05) is 19.2 Å². The van der Waals surface area contributed by atoms with Crippen LogP contribution in [0.1, 0.15) is 51.1 Å². The number of hydrogen-bond acceptors (Lipinski definition) is 2. The molecule has 20 heavy (non-hydrogen) atoms. The number of anilines is 1. The smallest absolute Gasteiger partial charge is 0.146 e. The topological polar surface area (TPSA) is 15.3 Å². The minimum absolute atomic E-state index is 0.0838. The Balaban J connectivity index is 2.27. The van der Waals surface area contributed by atoms with Crippen LogP contribution in [0, 0.1) is 11.7 Å². The predicted molar refractivity (Wildman–Crippen MR) is 83.7 cm³/mol. The number of halogens is 1. The highest BCUT2D eigenvalue weighted by atomic mass is 19.1. The Bertz CT molecular complexity index is 433. The van der Waals surface area contributed by atoms with Gasteiger partial charge in [0, 0.05) is 19.1 Å². The van der Waals surface area contributed by atoms with Gasteiger partial charge in [0.1, 0.15) is 5.82 Å². The summed E-state index contributed by atoms with van der Waals surface area (Å²) in [5.41, 5.74) is 1.88.